The summed E-state index contributed by atoms with van der Waals surface area (Å²) in [5.41, 5.74) is 2.18. The maximum absolute atomic E-state index is 12.3. The summed E-state index contributed by atoms with van der Waals surface area (Å²) in [5.74, 6) is 0.594. The number of fused-ring (bicyclic) bond motifs is 2. The molecule has 1 aromatic carbocycles. The molecule has 2 atom stereocenters. The Bertz CT molecular complexity index is 534. The Hall–Kier alpha value is -1.10. The van der Waals surface area contributed by atoms with Crippen LogP contribution in [0.3, 0.4) is 0 Å². The van der Waals surface area contributed by atoms with Gasteiger partial charge in [-0.2, -0.15) is 0 Å². The zero-order valence-corrected chi connectivity index (χ0v) is 15.7. The molecule has 0 aliphatic carbocycles. The SMILES string of the molecule is CC(C)c1ccc(NC(=O)CN(C)C2CC3CCC(C2)N3)cc1.Cl. The molecule has 4 nitrogen and oxygen atoms in total. The molecule has 0 radical (unpaired) electrons. The molecule has 2 fully saturated rings. The molecule has 2 aliphatic heterocycles. The average molecular weight is 352 g/mol. The van der Waals surface area contributed by atoms with Gasteiger partial charge in [0.05, 0.1) is 6.54 Å². The summed E-state index contributed by atoms with van der Waals surface area (Å²) < 4.78 is 0. The zero-order chi connectivity index (χ0) is 16.4. The lowest BCUT2D eigenvalue weighted by atomic mass is 9.98. The van der Waals surface area contributed by atoms with Crippen molar-refractivity contribution in [1.82, 2.24) is 10.2 Å². The number of hydrogen-bond acceptors (Lipinski definition) is 3. The summed E-state index contributed by atoms with van der Waals surface area (Å²) in [6, 6.07) is 10.0. The van der Waals surface area contributed by atoms with E-state index in [4.69, 9.17) is 0 Å². The minimum atomic E-state index is 0. The molecule has 0 spiro atoms. The molecule has 2 unspecified atom stereocenters. The number of amides is 1. The first kappa shape index (κ1) is 19.2. The van der Waals surface area contributed by atoms with Crippen LogP contribution in [0.1, 0.15) is 51.0 Å². The number of nitrogens with one attached hydrogen (secondary N) is 2. The highest BCUT2D eigenvalue weighted by atomic mass is 35.5. The number of anilines is 1. The highest BCUT2D eigenvalue weighted by Crippen LogP contribution is 2.29. The van der Waals surface area contributed by atoms with Gasteiger partial charge < -0.3 is 10.6 Å². The molecule has 5 heteroatoms. The second kappa shape index (κ2) is 8.32. The first-order chi connectivity index (χ1) is 11.0. The van der Waals surface area contributed by atoms with Gasteiger partial charge in [-0.1, -0.05) is 26.0 Å². The van der Waals surface area contributed by atoms with Gasteiger partial charge in [0.15, 0.2) is 0 Å². The summed E-state index contributed by atoms with van der Waals surface area (Å²) in [6.07, 6.45) is 4.93. The van der Waals surface area contributed by atoms with Crippen molar-refractivity contribution >= 4 is 24.0 Å². The van der Waals surface area contributed by atoms with Gasteiger partial charge in [0.2, 0.25) is 5.91 Å². The Labute approximate surface area is 151 Å². The van der Waals surface area contributed by atoms with Crippen molar-refractivity contribution in [3.63, 3.8) is 0 Å². The maximum atomic E-state index is 12.3. The molecule has 0 aromatic heterocycles. The Balaban J connectivity index is 0.00000208. The van der Waals surface area contributed by atoms with Crippen molar-refractivity contribution in [3.05, 3.63) is 29.8 Å². The molecule has 2 aliphatic rings. The number of rotatable bonds is 5. The van der Waals surface area contributed by atoms with Crippen LogP contribution in [-0.2, 0) is 4.79 Å². The molecule has 2 bridgehead atoms. The molecule has 1 aromatic rings. The predicted octanol–water partition coefficient (Wildman–Crippen LogP) is 3.39. The van der Waals surface area contributed by atoms with Gasteiger partial charge in [0.25, 0.3) is 0 Å². The number of halogens is 1. The second-order valence-corrected chi connectivity index (χ2v) is 7.50. The van der Waals surface area contributed by atoms with Gasteiger partial charge in [-0.05, 0) is 56.3 Å². The Morgan fingerprint density at radius 1 is 1.21 bits per heavy atom. The van der Waals surface area contributed by atoms with Crippen LogP contribution in [-0.4, -0.2) is 42.5 Å². The van der Waals surface area contributed by atoms with E-state index in [1.165, 1.54) is 31.2 Å². The van der Waals surface area contributed by atoms with E-state index in [1.807, 2.05) is 12.1 Å². The predicted molar refractivity (Wildman–Crippen MR) is 102 cm³/mol. The van der Waals surface area contributed by atoms with Crippen LogP contribution in [0.2, 0.25) is 0 Å². The number of likely N-dealkylation sites (N-methyl/N-ethyl adjacent to an activating group) is 1. The molecule has 134 valence electrons. The fraction of sp³-hybridized carbons (Fsp3) is 0.632. The van der Waals surface area contributed by atoms with Crippen LogP contribution in [0.15, 0.2) is 24.3 Å². The first-order valence-corrected chi connectivity index (χ1v) is 8.87. The lowest BCUT2D eigenvalue weighted by molar-refractivity contribution is -0.117. The van der Waals surface area contributed by atoms with E-state index in [9.17, 15) is 4.79 Å². The Morgan fingerprint density at radius 2 is 1.79 bits per heavy atom. The van der Waals surface area contributed by atoms with Crippen molar-refractivity contribution in [1.29, 1.82) is 0 Å². The number of carbonyl (C=O) groups is 1. The maximum Gasteiger partial charge on any atom is 0.238 e. The highest BCUT2D eigenvalue weighted by molar-refractivity contribution is 5.92. The van der Waals surface area contributed by atoms with Gasteiger partial charge in [0, 0.05) is 23.8 Å². The Morgan fingerprint density at radius 3 is 2.33 bits per heavy atom. The Kier molecular flexibility index (Phi) is 6.67. The van der Waals surface area contributed by atoms with Crippen molar-refractivity contribution in [2.45, 2.75) is 63.6 Å². The molecule has 2 saturated heterocycles. The van der Waals surface area contributed by atoms with Crippen molar-refractivity contribution in [2.75, 3.05) is 18.9 Å². The van der Waals surface area contributed by atoms with Gasteiger partial charge in [-0.25, -0.2) is 0 Å². The summed E-state index contributed by atoms with van der Waals surface area (Å²) in [5, 5.41) is 6.68. The van der Waals surface area contributed by atoms with E-state index in [1.54, 1.807) is 0 Å². The summed E-state index contributed by atoms with van der Waals surface area (Å²) >= 11 is 0. The number of carbonyl (C=O) groups excluding carboxylic acids is 1. The van der Waals surface area contributed by atoms with Gasteiger partial charge in [-0.3, -0.25) is 9.69 Å². The largest absolute Gasteiger partial charge is 0.325 e. The van der Waals surface area contributed by atoms with E-state index < -0.39 is 0 Å². The lowest BCUT2D eigenvalue weighted by Gasteiger charge is -2.35. The molecular formula is C19H30ClN3O. The smallest absolute Gasteiger partial charge is 0.238 e. The third-order valence-corrected chi connectivity index (χ3v) is 5.33. The number of hydrogen-bond donors (Lipinski definition) is 2. The minimum Gasteiger partial charge on any atom is -0.325 e. The molecule has 2 N–H and O–H groups in total. The summed E-state index contributed by atoms with van der Waals surface area (Å²) in [6.45, 7) is 4.82. The van der Waals surface area contributed by atoms with E-state index >= 15 is 0 Å². The zero-order valence-electron chi connectivity index (χ0n) is 14.9. The summed E-state index contributed by atoms with van der Waals surface area (Å²) in [4.78, 5) is 14.5. The fourth-order valence-electron chi connectivity index (χ4n) is 3.89. The van der Waals surface area contributed by atoms with Crippen LogP contribution in [0.5, 0.6) is 0 Å². The standard InChI is InChI=1S/C19H29N3O.ClH/c1-13(2)14-4-6-15(7-5-14)21-19(23)12-22(3)18-10-16-8-9-17(11-18)20-16;/h4-7,13,16-18,20H,8-12H2,1-3H3,(H,21,23);1H. The summed E-state index contributed by atoms with van der Waals surface area (Å²) in [7, 11) is 2.08. The van der Waals surface area contributed by atoms with E-state index in [2.05, 4.69) is 48.6 Å². The van der Waals surface area contributed by atoms with Crippen LogP contribution >= 0.6 is 12.4 Å². The quantitative estimate of drug-likeness (QED) is 0.854. The van der Waals surface area contributed by atoms with E-state index in [0.717, 1.165) is 5.69 Å². The number of benzene rings is 1. The van der Waals surface area contributed by atoms with E-state index in [-0.39, 0.29) is 18.3 Å². The van der Waals surface area contributed by atoms with Crippen LogP contribution in [0.25, 0.3) is 0 Å². The normalized spacial score (nSPS) is 25.6. The fourth-order valence-corrected chi connectivity index (χ4v) is 3.89. The topological polar surface area (TPSA) is 44.4 Å². The van der Waals surface area contributed by atoms with Crippen molar-refractivity contribution < 1.29 is 4.79 Å². The van der Waals surface area contributed by atoms with Crippen molar-refractivity contribution in [2.24, 2.45) is 0 Å². The lowest BCUT2D eigenvalue weighted by Crippen LogP contribution is -2.48. The number of nitrogens with zero attached hydrogens (tertiary/aromatic N) is 1. The average Bonchev–Trinajstić information content (AvgIpc) is 2.85. The van der Waals surface area contributed by atoms with Crippen LogP contribution in [0, 0.1) is 0 Å². The van der Waals surface area contributed by atoms with Gasteiger partial charge in [-0.15, -0.1) is 12.4 Å². The molecule has 24 heavy (non-hydrogen) atoms. The molecule has 0 saturated carbocycles. The third kappa shape index (κ3) is 4.71. The third-order valence-electron chi connectivity index (χ3n) is 5.33. The molecular weight excluding hydrogens is 322 g/mol. The number of piperidine rings is 1. The van der Waals surface area contributed by atoms with Crippen LogP contribution in [0.4, 0.5) is 5.69 Å². The van der Waals surface area contributed by atoms with Gasteiger partial charge in [0.1, 0.15) is 0 Å². The van der Waals surface area contributed by atoms with Crippen molar-refractivity contribution in [3.8, 4) is 0 Å². The monoisotopic (exact) mass is 351 g/mol. The minimum absolute atomic E-state index is 0. The van der Waals surface area contributed by atoms with Crippen LogP contribution < -0.4 is 10.6 Å². The highest BCUT2D eigenvalue weighted by Gasteiger charge is 2.35. The molecule has 2 heterocycles. The second-order valence-electron chi connectivity index (χ2n) is 7.50. The molecule has 1 amide bonds. The van der Waals surface area contributed by atoms with Gasteiger partial charge >= 0.3 is 0 Å². The molecule has 3 rings (SSSR count). The van der Waals surface area contributed by atoms with E-state index in [0.29, 0.717) is 30.6 Å². The first-order valence-electron chi connectivity index (χ1n) is 8.87.